The second-order valence-electron chi connectivity index (χ2n) is 6.06. The molecule has 2 N–H and O–H groups in total. The maximum atomic E-state index is 12.3. The first kappa shape index (κ1) is 17.0. The van der Waals surface area contributed by atoms with E-state index in [1.54, 1.807) is 22.8 Å². The number of likely N-dealkylation sites (tertiary alicyclic amines) is 1. The summed E-state index contributed by atoms with van der Waals surface area (Å²) in [6.45, 7) is 1.17. The highest BCUT2D eigenvalue weighted by Gasteiger charge is 2.33. The summed E-state index contributed by atoms with van der Waals surface area (Å²) in [6.07, 6.45) is 5.97. The van der Waals surface area contributed by atoms with Crippen LogP contribution in [0, 0.1) is 0 Å². The van der Waals surface area contributed by atoms with E-state index in [9.17, 15) is 9.59 Å². The number of hydrogen-bond donors (Lipinski definition) is 2. The second-order valence-corrected chi connectivity index (χ2v) is 6.06. The summed E-state index contributed by atoms with van der Waals surface area (Å²) in [5.41, 5.74) is 2.14. The van der Waals surface area contributed by atoms with Gasteiger partial charge < -0.3 is 15.5 Å². The average molecular weight is 341 g/mol. The third-order valence-electron chi connectivity index (χ3n) is 4.46. The normalized spacial score (nSPS) is 16.7. The van der Waals surface area contributed by atoms with E-state index in [4.69, 9.17) is 0 Å². The maximum Gasteiger partial charge on any atom is 0.318 e. The van der Waals surface area contributed by atoms with Gasteiger partial charge in [0.2, 0.25) is 5.91 Å². The van der Waals surface area contributed by atoms with Crippen LogP contribution in [0.15, 0.2) is 42.7 Å². The summed E-state index contributed by atoms with van der Waals surface area (Å²) < 4.78 is 1.80. The van der Waals surface area contributed by atoms with Crippen LogP contribution in [0.25, 0.3) is 5.69 Å². The molecule has 7 nitrogen and oxygen atoms in total. The lowest BCUT2D eigenvalue weighted by Gasteiger charge is -2.23. The standard InChI is InChI=1S/C18H23N5O2/c1-19-17(24)16-4-2-12-22(16)18(25)20-11-9-14-5-7-15(8-6-14)23-13-3-10-21-23/h3,5-8,10,13,16H,2,4,9,11-12H2,1H3,(H,19,24)(H,20,25). The van der Waals surface area contributed by atoms with Gasteiger partial charge in [-0.15, -0.1) is 0 Å². The molecule has 0 spiro atoms. The minimum Gasteiger partial charge on any atom is -0.357 e. The van der Waals surface area contributed by atoms with Crippen LogP contribution in [-0.4, -0.2) is 52.8 Å². The minimum atomic E-state index is -0.349. The van der Waals surface area contributed by atoms with Crippen LogP contribution in [0.5, 0.6) is 0 Å². The fraction of sp³-hybridized carbons (Fsp3) is 0.389. The second kappa shape index (κ2) is 7.83. The zero-order valence-corrected chi connectivity index (χ0v) is 14.3. The van der Waals surface area contributed by atoms with E-state index in [-0.39, 0.29) is 18.0 Å². The molecular weight excluding hydrogens is 318 g/mol. The third-order valence-corrected chi connectivity index (χ3v) is 4.46. The van der Waals surface area contributed by atoms with Gasteiger partial charge in [0.05, 0.1) is 5.69 Å². The molecule has 0 aliphatic carbocycles. The molecule has 0 bridgehead atoms. The van der Waals surface area contributed by atoms with E-state index in [2.05, 4.69) is 15.7 Å². The van der Waals surface area contributed by atoms with Gasteiger partial charge >= 0.3 is 6.03 Å². The Bertz CT molecular complexity index is 712. The van der Waals surface area contributed by atoms with Crippen LogP contribution in [0.4, 0.5) is 4.79 Å². The molecule has 1 unspecified atom stereocenters. The van der Waals surface area contributed by atoms with Crippen molar-refractivity contribution in [2.45, 2.75) is 25.3 Å². The monoisotopic (exact) mass is 341 g/mol. The third kappa shape index (κ3) is 3.99. The van der Waals surface area contributed by atoms with E-state index >= 15 is 0 Å². The first-order chi connectivity index (χ1) is 12.2. The Balaban J connectivity index is 1.49. The molecule has 1 aromatic heterocycles. The van der Waals surface area contributed by atoms with Crippen LogP contribution in [0.3, 0.4) is 0 Å². The molecule has 25 heavy (non-hydrogen) atoms. The number of rotatable bonds is 5. The molecule has 3 amide bonds. The molecule has 1 saturated heterocycles. The van der Waals surface area contributed by atoms with Crippen molar-refractivity contribution < 1.29 is 9.59 Å². The Labute approximate surface area is 147 Å². The first-order valence-electron chi connectivity index (χ1n) is 8.54. The number of amides is 3. The number of carbonyl (C=O) groups excluding carboxylic acids is 2. The quantitative estimate of drug-likeness (QED) is 0.861. The van der Waals surface area contributed by atoms with Crippen LogP contribution < -0.4 is 10.6 Å². The molecule has 1 fully saturated rings. The van der Waals surface area contributed by atoms with Gasteiger partial charge in [0.15, 0.2) is 0 Å². The van der Waals surface area contributed by atoms with Crippen molar-refractivity contribution in [3.05, 3.63) is 48.3 Å². The average Bonchev–Trinajstić information content (AvgIpc) is 3.33. The van der Waals surface area contributed by atoms with Gasteiger partial charge in [-0.25, -0.2) is 9.48 Å². The van der Waals surface area contributed by atoms with Crippen LogP contribution >= 0.6 is 0 Å². The van der Waals surface area contributed by atoms with E-state index in [1.807, 2.05) is 36.5 Å². The number of urea groups is 1. The number of likely N-dealkylation sites (N-methyl/N-ethyl adjacent to an activating group) is 1. The number of hydrogen-bond acceptors (Lipinski definition) is 3. The van der Waals surface area contributed by atoms with Gasteiger partial charge in [0.1, 0.15) is 6.04 Å². The summed E-state index contributed by atoms with van der Waals surface area (Å²) >= 11 is 0. The molecule has 7 heteroatoms. The van der Waals surface area contributed by atoms with Crippen molar-refractivity contribution in [2.24, 2.45) is 0 Å². The number of benzene rings is 1. The van der Waals surface area contributed by atoms with Gasteiger partial charge in [-0.3, -0.25) is 4.79 Å². The number of aromatic nitrogens is 2. The molecule has 0 radical (unpaired) electrons. The highest BCUT2D eigenvalue weighted by atomic mass is 16.2. The minimum absolute atomic E-state index is 0.0955. The number of nitrogens with one attached hydrogen (secondary N) is 2. The van der Waals surface area contributed by atoms with Crippen molar-refractivity contribution >= 4 is 11.9 Å². The molecule has 1 aliphatic rings. The molecule has 1 aliphatic heterocycles. The van der Waals surface area contributed by atoms with Crippen molar-refractivity contribution in [3.63, 3.8) is 0 Å². The molecular formula is C18H23N5O2. The molecule has 3 rings (SSSR count). The zero-order chi connectivity index (χ0) is 17.6. The SMILES string of the molecule is CNC(=O)C1CCCN1C(=O)NCCc1ccc(-n2cccn2)cc1. The van der Waals surface area contributed by atoms with Gasteiger partial charge in [-0.05, 0) is 43.0 Å². The summed E-state index contributed by atoms with van der Waals surface area (Å²) in [6, 6.07) is 9.45. The van der Waals surface area contributed by atoms with Crippen molar-refractivity contribution in [3.8, 4) is 5.69 Å². The fourth-order valence-corrected chi connectivity index (χ4v) is 3.10. The fourth-order valence-electron chi connectivity index (χ4n) is 3.10. The molecule has 1 aromatic carbocycles. The number of nitrogens with zero attached hydrogens (tertiary/aromatic N) is 3. The van der Waals surface area contributed by atoms with Gasteiger partial charge in [-0.2, -0.15) is 5.10 Å². The topological polar surface area (TPSA) is 79.3 Å². The summed E-state index contributed by atoms with van der Waals surface area (Å²) in [5.74, 6) is -0.0955. The smallest absolute Gasteiger partial charge is 0.318 e. The Morgan fingerprint density at radius 2 is 2.08 bits per heavy atom. The number of carbonyl (C=O) groups is 2. The van der Waals surface area contributed by atoms with Crippen LogP contribution in [0.1, 0.15) is 18.4 Å². The molecule has 2 heterocycles. The predicted molar refractivity (Wildman–Crippen MR) is 94.5 cm³/mol. The van der Waals surface area contributed by atoms with Crippen molar-refractivity contribution in [1.82, 2.24) is 25.3 Å². The highest BCUT2D eigenvalue weighted by Crippen LogP contribution is 2.17. The van der Waals surface area contributed by atoms with E-state index in [0.29, 0.717) is 13.1 Å². The largest absolute Gasteiger partial charge is 0.357 e. The summed E-state index contributed by atoms with van der Waals surface area (Å²) in [7, 11) is 1.60. The lowest BCUT2D eigenvalue weighted by atomic mass is 10.1. The first-order valence-corrected chi connectivity index (χ1v) is 8.54. The zero-order valence-electron chi connectivity index (χ0n) is 14.3. The van der Waals surface area contributed by atoms with Crippen LogP contribution in [0.2, 0.25) is 0 Å². The van der Waals surface area contributed by atoms with E-state index in [1.165, 1.54) is 0 Å². The van der Waals surface area contributed by atoms with Crippen molar-refractivity contribution in [2.75, 3.05) is 20.1 Å². The maximum absolute atomic E-state index is 12.3. The molecule has 132 valence electrons. The predicted octanol–water partition coefficient (Wildman–Crippen LogP) is 1.33. The van der Waals surface area contributed by atoms with E-state index < -0.39 is 0 Å². The van der Waals surface area contributed by atoms with Crippen molar-refractivity contribution in [1.29, 1.82) is 0 Å². The summed E-state index contributed by atoms with van der Waals surface area (Å²) in [4.78, 5) is 25.7. The molecule has 1 atom stereocenters. The van der Waals surface area contributed by atoms with Gasteiger partial charge in [-0.1, -0.05) is 12.1 Å². The Hall–Kier alpha value is -2.83. The molecule has 0 saturated carbocycles. The summed E-state index contributed by atoms with van der Waals surface area (Å²) in [5, 5.41) is 9.73. The van der Waals surface area contributed by atoms with Gasteiger partial charge in [0.25, 0.3) is 0 Å². The van der Waals surface area contributed by atoms with E-state index in [0.717, 1.165) is 30.5 Å². The molecule has 2 aromatic rings. The lowest BCUT2D eigenvalue weighted by Crippen LogP contribution is -2.49. The highest BCUT2D eigenvalue weighted by molar-refractivity contribution is 5.87. The van der Waals surface area contributed by atoms with Crippen LogP contribution in [-0.2, 0) is 11.2 Å². The Kier molecular flexibility index (Phi) is 5.33. The van der Waals surface area contributed by atoms with Gasteiger partial charge in [0, 0.05) is 32.5 Å². The lowest BCUT2D eigenvalue weighted by molar-refractivity contribution is -0.124. The Morgan fingerprint density at radius 3 is 2.76 bits per heavy atom. The Morgan fingerprint density at radius 1 is 1.28 bits per heavy atom.